The lowest BCUT2D eigenvalue weighted by atomic mass is 9.96. The minimum Gasteiger partial charge on any atom is -0.370 e. The van der Waals surface area contributed by atoms with Crippen molar-refractivity contribution < 1.29 is 22.2 Å². The van der Waals surface area contributed by atoms with Crippen molar-refractivity contribution in [3.63, 3.8) is 0 Å². The Kier molecular flexibility index (Phi) is 9.12. The molecule has 0 spiro atoms. The normalized spacial score (nSPS) is 20.4. The molecule has 4 N–H and O–H groups in total. The quantitative estimate of drug-likeness (QED) is 0.356. The number of nitrogens with one attached hydrogen (secondary N) is 2. The molecule has 0 bridgehead atoms. The molecule has 5 atom stereocenters. The van der Waals surface area contributed by atoms with E-state index in [0.29, 0.717) is 30.0 Å². The van der Waals surface area contributed by atoms with Gasteiger partial charge in [-0.05, 0) is 54.7 Å². The lowest BCUT2D eigenvalue weighted by Gasteiger charge is -2.26. The molecule has 11 heteroatoms. The number of anilines is 2. The van der Waals surface area contributed by atoms with Gasteiger partial charge in [0.05, 0.1) is 0 Å². The molecule has 0 radical (unpaired) electrons. The number of carbonyl (C=O) groups is 1. The molecule has 3 unspecified atom stereocenters. The molecule has 1 aliphatic rings. The third-order valence-electron chi connectivity index (χ3n) is 6.69. The van der Waals surface area contributed by atoms with E-state index in [4.69, 9.17) is 5.73 Å². The van der Waals surface area contributed by atoms with Crippen LogP contribution in [0.2, 0.25) is 0 Å². The highest BCUT2D eigenvalue weighted by atomic mass is 32.2. The van der Waals surface area contributed by atoms with Crippen LogP contribution in [-0.2, 0) is 16.1 Å². The Labute approximate surface area is 217 Å². The SMILES string of the molecule is C=S(C)(=O)N(C)c1cc(C(=O)N[C@@H](Cc2ccccc2)[C@@H](N)CCC(F)(F)F)cc(NCC2CC2C)n1. The Morgan fingerprint density at radius 3 is 2.51 bits per heavy atom. The van der Waals surface area contributed by atoms with Gasteiger partial charge in [0.15, 0.2) is 0 Å². The zero-order valence-electron chi connectivity index (χ0n) is 21.4. The number of carbonyl (C=O) groups excluding carboxylic acids is 1. The Hall–Kier alpha value is -2.79. The van der Waals surface area contributed by atoms with Crippen molar-refractivity contribution in [2.45, 2.75) is 50.9 Å². The van der Waals surface area contributed by atoms with Crippen LogP contribution in [0.1, 0.15) is 42.1 Å². The predicted octanol–water partition coefficient (Wildman–Crippen LogP) is 3.86. The van der Waals surface area contributed by atoms with E-state index in [-0.39, 0.29) is 18.4 Å². The van der Waals surface area contributed by atoms with Crippen LogP contribution in [0.25, 0.3) is 0 Å². The number of halogens is 3. The van der Waals surface area contributed by atoms with Crippen molar-refractivity contribution in [1.29, 1.82) is 0 Å². The van der Waals surface area contributed by atoms with Gasteiger partial charge in [0.1, 0.15) is 11.6 Å². The average molecular weight is 540 g/mol. The van der Waals surface area contributed by atoms with Gasteiger partial charge in [-0.2, -0.15) is 13.2 Å². The molecule has 1 aliphatic carbocycles. The summed E-state index contributed by atoms with van der Waals surface area (Å²) in [5.74, 6) is 5.06. The fourth-order valence-electron chi connectivity index (χ4n) is 3.98. The smallest absolute Gasteiger partial charge is 0.370 e. The summed E-state index contributed by atoms with van der Waals surface area (Å²) in [4.78, 5) is 17.9. The summed E-state index contributed by atoms with van der Waals surface area (Å²) in [6.07, 6.45) is -2.85. The minimum absolute atomic E-state index is 0.230. The molecule has 0 saturated heterocycles. The summed E-state index contributed by atoms with van der Waals surface area (Å²) >= 11 is 0. The fraction of sp³-hybridized carbons (Fsp3) is 0.500. The number of nitrogens with zero attached hydrogens (tertiary/aromatic N) is 2. The number of alkyl halides is 3. The molecule has 1 aromatic carbocycles. The first-order valence-corrected chi connectivity index (χ1v) is 14.3. The maximum atomic E-state index is 13.4. The lowest BCUT2D eigenvalue weighted by Crippen LogP contribution is -2.49. The van der Waals surface area contributed by atoms with Gasteiger partial charge < -0.3 is 16.4 Å². The number of hydrogen-bond acceptors (Lipinski definition) is 5. The Morgan fingerprint density at radius 1 is 1.30 bits per heavy atom. The highest BCUT2D eigenvalue weighted by Crippen LogP contribution is 2.37. The lowest BCUT2D eigenvalue weighted by molar-refractivity contribution is -0.136. The van der Waals surface area contributed by atoms with Crippen LogP contribution in [-0.4, -0.2) is 59.1 Å². The van der Waals surface area contributed by atoms with E-state index in [1.807, 2.05) is 30.3 Å². The number of amides is 1. The van der Waals surface area contributed by atoms with Gasteiger partial charge in [0.2, 0.25) is 0 Å². The molecule has 204 valence electrons. The highest BCUT2D eigenvalue weighted by Gasteiger charge is 2.32. The summed E-state index contributed by atoms with van der Waals surface area (Å²) in [5.41, 5.74) is 7.24. The number of pyridine rings is 1. The van der Waals surface area contributed by atoms with Gasteiger partial charge in [-0.25, -0.2) is 9.19 Å². The van der Waals surface area contributed by atoms with Crippen LogP contribution in [0.15, 0.2) is 42.5 Å². The fourth-order valence-corrected chi connectivity index (χ4v) is 4.47. The number of benzene rings is 1. The Morgan fingerprint density at radius 2 is 1.95 bits per heavy atom. The Bertz CT molecular complexity index is 1170. The first kappa shape index (κ1) is 28.8. The monoisotopic (exact) mass is 539 g/mol. The van der Waals surface area contributed by atoms with Crippen LogP contribution < -0.4 is 20.7 Å². The molecule has 1 fully saturated rings. The highest BCUT2D eigenvalue weighted by molar-refractivity contribution is 8.00. The second-order valence-electron chi connectivity index (χ2n) is 10.00. The van der Waals surface area contributed by atoms with Crippen molar-refractivity contribution in [2.75, 3.05) is 29.5 Å². The molecule has 1 heterocycles. The summed E-state index contributed by atoms with van der Waals surface area (Å²) in [5, 5.41) is 6.09. The molecule has 1 amide bonds. The minimum atomic E-state index is -4.34. The van der Waals surface area contributed by atoms with Crippen molar-refractivity contribution >= 4 is 33.1 Å². The van der Waals surface area contributed by atoms with Crippen LogP contribution in [0, 0.1) is 11.8 Å². The number of rotatable bonds is 12. The van der Waals surface area contributed by atoms with E-state index < -0.39 is 40.3 Å². The summed E-state index contributed by atoms with van der Waals surface area (Å²) in [7, 11) is -1.08. The van der Waals surface area contributed by atoms with Gasteiger partial charge in [-0.15, -0.1) is 0 Å². The Balaban J connectivity index is 1.85. The third-order valence-corrected chi connectivity index (χ3v) is 8.04. The molecule has 7 nitrogen and oxygen atoms in total. The maximum absolute atomic E-state index is 13.4. The third kappa shape index (κ3) is 8.92. The number of hydrogen-bond donors (Lipinski definition) is 3. The zero-order valence-corrected chi connectivity index (χ0v) is 22.2. The van der Waals surface area contributed by atoms with Crippen LogP contribution in [0.4, 0.5) is 24.8 Å². The van der Waals surface area contributed by atoms with Crippen LogP contribution in [0.3, 0.4) is 0 Å². The van der Waals surface area contributed by atoms with Crippen molar-refractivity contribution in [2.24, 2.45) is 17.6 Å². The van der Waals surface area contributed by atoms with Crippen molar-refractivity contribution in [3.8, 4) is 0 Å². The molecule has 1 saturated carbocycles. The maximum Gasteiger partial charge on any atom is 0.389 e. The number of nitrogens with two attached hydrogens (primary N) is 1. The second-order valence-corrected chi connectivity index (χ2v) is 12.5. The van der Waals surface area contributed by atoms with E-state index in [0.717, 1.165) is 12.0 Å². The van der Waals surface area contributed by atoms with Crippen LogP contribution >= 0.6 is 0 Å². The molecule has 0 aliphatic heterocycles. The molecular weight excluding hydrogens is 503 g/mol. The summed E-state index contributed by atoms with van der Waals surface area (Å²) in [6, 6.07) is 10.6. The van der Waals surface area contributed by atoms with E-state index in [1.165, 1.54) is 16.6 Å². The van der Waals surface area contributed by atoms with E-state index >= 15 is 0 Å². The molecule has 37 heavy (non-hydrogen) atoms. The van der Waals surface area contributed by atoms with Gasteiger partial charge in [0, 0.05) is 53.6 Å². The van der Waals surface area contributed by atoms with Crippen molar-refractivity contribution in [1.82, 2.24) is 10.3 Å². The average Bonchev–Trinajstić information content (AvgIpc) is 3.54. The summed E-state index contributed by atoms with van der Waals surface area (Å²) in [6.45, 7) is 2.85. The van der Waals surface area contributed by atoms with Crippen molar-refractivity contribution in [3.05, 3.63) is 53.6 Å². The van der Waals surface area contributed by atoms with Gasteiger partial charge in [-0.3, -0.25) is 9.10 Å². The van der Waals surface area contributed by atoms with E-state index in [1.54, 1.807) is 13.1 Å². The van der Waals surface area contributed by atoms with E-state index in [9.17, 15) is 22.2 Å². The molecule has 2 aromatic rings. The van der Waals surface area contributed by atoms with Gasteiger partial charge in [0.25, 0.3) is 5.91 Å². The van der Waals surface area contributed by atoms with E-state index in [2.05, 4.69) is 28.4 Å². The predicted molar refractivity (Wildman–Crippen MR) is 144 cm³/mol. The van der Waals surface area contributed by atoms with Gasteiger partial charge in [-0.1, -0.05) is 37.3 Å². The number of aromatic nitrogens is 1. The second kappa shape index (κ2) is 11.7. The molecule has 3 rings (SSSR count). The zero-order chi connectivity index (χ0) is 27.4. The van der Waals surface area contributed by atoms with Crippen LogP contribution in [0.5, 0.6) is 0 Å². The summed E-state index contributed by atoms with van der Waals surface area (Å²) < 4.78 is 52.6. The first-order chi connectivity index (χ1) is 17.2. The largest absolute Gasteiger partial charge is 0.389 e. The molecule has 1 aromatic heterocycles. The first-order valence-electron chi connectivity index (χ1n) is 12.2. The topological polar surface area (TPSA) is 100 Å². The standard InChI is InChI=1S/C26H36F3N5O2S/c1-17-12-20(17)16-31-23-14-19(15-24(33-23)34(2)37(3,4)36)25(35)32-22(13-18-8-6-5-7-9-18)21(30)10-11-26(27,28)29/h5-9,14-15,17,20-22H,3,10-13,16,30H2,1-2,4H3,(H,31,33)(H,32,35)/t17?,20?,21-,22-,37?/m0/s1. The van der Waals surface area contributed by atoms with Gasteiger partial charge >= 0.3 is 6.18 Å². The molecular formula is C26H36F3N5O2S.